The summed E-state index contributed by atoms with van der Waals surface area (Å²) in [5.74, 6) is 0. The van der Waals surface area contributed by atoms with E-state index < -0.39 is 0 Å². The molecule has 0 fully saturated rings. The first-order valence-corrected chi connectivity index (χ1v) is 1.28. The second kappa shape index (κ2) is 4.01. The van der Waals surface area contributed by atoms with Crippen LogP contribution in [0, 0.1) is 0 Å². The number of hydrogen-bond acceptors (Lipinski definition) is 3. The Hall–Kier alpha value is -0.990. The van der Waals surface area contributed by atoms with E-state index >= 15 is 0 Å². The summed E-state index contributed by atoms with van der Waals surface area (Å²) >= 11 is 0. The van der Waals surface area contributed by atoms with E-state index in [4.69, 9.17) is 4.79 Å². The Bertz CT molecular complexity index is 42.0. The molecular formula is C3H4O3. The van der Waals surface area contributed by atoms with E-state index in [1.165, 1.54) is 0 Å². The van der Waals surface area contributed by atoms with Gasteiger partial charge in [-0.2, -0.15) is 0 Å². The third-order valence-corrected chi connectivity index (χ3v) is 0.163. The van der Waals surface area contributed by atoms with Crippen molar-refractivity contribution in [2.24, 2.45) is 0 Å². The third-order valence-electron chi connectivity index (χ3n) is 0.163. The first-order valence-electron chi connectivity index (χ1n) is 1.28. The summed E-state index contributed by atoms with van der Waals surface area (Å²) in [6.07, 6.45) is 1.01. The maximum Gasteiger partial charge on any atom is 0.343 e. The quantitative estimate of drug-likeness (QED) is 0.163. The molecule has 0 bridgehead atoms. The molecule has 0 heterocycles. The van der Waals surface area contributed by atoms with Crippen LogP contribution in [0.2, 0.25) is 0 Å². The number of hydrogen-bond donors (Lipinski definition) is 0. The predicted molar refractivity (Wildman–Crippen MR) is 18.4 cm³/mol. The van der Waals surface area contributed by atoms with Crippen molar-refractivity contribution in [3.05, 3.63) is 12.8 Å². The van der Waals surface area contributed by atoms with Gasteiger partial charge in [-0.25, -0.2) is 0 Å². The highest BCUT2D eigenvalue weighted by molar-refractivity contribution is 5.35. The van der Waals surface area contributed by atoms with Gasteiger partial charge in [0.15, 0.2) is 0 Å². The van der Waals surface area contributed by atoms with E-state index in [0.29, 0.717) is 0 Å². The lowest BCUT2D eigenvalue weighted by Gasteiger charge is -1.84. The monoisotopic (exact) mass is 88.0 g/mol. The standard InChI is InChI=1S/C3H4O3/c1-2-5-6-3-4/h2-3H,1H2. The summed E-state index contributed by atoms with van der Waals surface area (Å²) in [7, 11) is 0. The van der Waals surface area contributed by atoms with Crippen LogP contribution in [0.3, 0.4) is 0 Å². The molecule has 3 heteroatoms. The van der Waals surface area contributed by atoms with E-state index in [1.807, 2.05) is 0 Å². The molecule has 6 heavy (non-hydrogen) atoms. The van der Waals surface area contributed by atoms with Gasteiger partial charge in [0, 0.05) is 0 Å². The highest BCUT2D eigenvalue weighted by atomic mass is 17.2. The van der Waals surface area contributed by atoms with Crippen LogP contribution in [-0.4, -0.2) is 6.47 Å². The topological polar surface area (TPSA) is 35.5 Å². The van der Waals surface area contributed by atoms with Crippen LogP contribution in [0.15, 0.2) is 12.8 Å². The van der Waals surface area contributed by atoms with Gasteiger partial charge in [0.2, 0.25) is 0 Å². The molecule has 34 valence electrons. The van der Waals surface area contributed by atoms with E-state index in [9.17, 15) is 0 Å². The smallest absolute Gasteiger partial charge is 0.296 e. The fourth-order valence-electron chi connectivity index (χ4n) is 0.0620. The van der Waals surface area contributed by atoms with Gasteiger partial charge in [-0.3, -0.25) is 14.6 Å². The molecule has 3 nitrogen and oxygen atoms in total. The zero-order valence-corrected chi connectivity index (χ0v) is 3.09. The van der Waals surface area contributed by atoms with Crippen molar-refractivity contribution in [1.82, 2.24) is 0 Å². The SMILES string of the molecule is C=COOC=O. The van der Waals surface area contributed by atoms with E-state index in [1.54, 1.807) is 0 Å². The average molecular weight is 88.1 g/mol. The van der Waals surface area contributed by atoms with Gasteiger partial charge < -0.3 is 0 Å². The lowest BCUT2D eigenvalue weighted by Crippen LogP contribution is -1.79. The Balaban J connectivity index is 2.66. The molecule has 0 saturated heterocycles. The van der Waals surface area contributed by atoms with Crippen molar-refractivity contribution < 1.29 is 14.6 Å². The highest BCUT2D eigenvalue weighted by Crippen LogP contribution is 1.67. The van der Waals surface area contributed by atoms with Gasteiger partial charge in [-0.05, 0) is 0 Å². The molecule has 0 aromatic heterocycles. The minimum Gasteiger partial charge on any atom is -0.296 e. The predicted octanol–water partition coefficient (Wildman–Crippen LogP) is 0.234. The van der Waals surface area contributed by atoms with Crippen molar-refractivity contribution in [2.75, 3.05) is 0 Å². The summed E-state index contributed by atoms with van der Waals surface area (Å²) in [5, 5.41) is 0. The molecule has 0 atom stereocenters. The molecule has 0 aromatic carbocycles. The molecule has 0 radical (unpaired) electrons. The lowest BCUT2D eigenvalue weighted by atomic mass is 11.2. The van der Waals surface area contributed by atoms with E-state index in [2.05, 4.69) is 16.4 Å². The second-order valence-corrected chi connectivity index (χ2v) is 0.455. The van der Waals surface area contributed by atoms with Crippen LogP contribution in [0.1, 0.15) is 0 Å². The maximum absolute atomic E-state index is 9.17. The summed E-state index contributed by atoms with van der Waals surface area (Å²) < 4.78 is 0. The molecule has 0 unspecified atom stereocenters. The molecular weight excluding hydrogens is 84.0 g/mol. The molecule has 0 amide bonds. The van der Waals surface area contributed by atoms with Gasteiger partial charge in [-0.1, -0.05) is 6.58 Å². The fraction of sp³-hybridized carbons (Fsp3) is 0. The molecule has 0 aliphatic heterocycles. The molecule has 0 rings (SSSR count). The van der Waals surface area contributed by atoms with Gasteiger partial charge in [0.05, 0.1) is 0 Å². The Morgan fingerprint density at radius 2 is 2.17 bits per heavy atom. The number of carbonyl (C=O) groups is 1. The van der Waals surface area contributed by atoms with Gasteiger partial charge >= 0.3 is 6.47 Å². The maximum atomic E-state index is 9.17. The first kappa shape index (κ1) is 5.01. The second-order valence-electron chi connectivity index (χ2n) is 0.455. The van der Waals surface area contributed by atoms with Crippen molar-refractivity contribution in [2.45, 2.75) is 0 Å². The number of rotatable bonds is 3. The zero-order chi connectivity index (χ0) is 4.83. The van der Waals surface area contributed by atoms with Crippen molar-refractivity contribution >= 4 is 6.47 Å². The molecule has 0 N–H and O–H groups in total. The third kappa shape index (κ3) is 3.01. The summed E-state index contributed by atoms with van der Waals surface area (Å²) in [6, 6.07) is 0. The summed E-state index contributed by atoms with van der Waals surface area (Å²) in [4.78, 5) is 16.7. The Morgan fingerprint density at radius 3 is 2.33 bits per heavy atom. The average Bonchev–Trinajstić information content (AvgIpc) is 1.61. The Kier molecular flexibility index (Phi) is 3.35. The minimum absolute atomic E-state index is 0.168. The van der Waals surface area contributed by atoms with Gasteiger partial charge in [-0.15, -0.1) is 0 Å². The molecule has 0 aliphatic carbocycles. The largest absolute Gasteiger partial charge is 0.343 e. The fourth-order valence-corrected chi connectivity index (χ4v) is 0.0620. The first-order chi connectivity index (χ1) is 2.91. The minimum atomic E-state index is 0.168. The molecule has 0 spiro atoms. The van der Waals surface area contributed by atoms with Crippen molar-refractivity contribution in [3.63, 3.8) is 0 Å². The van der Waals surface area contributed by atoms with Crippen LogP contribution in [0.4, 0.5) is 0 Å². The molecule has 0 saturated carbocycles. The van der Waals surface area contributed by atoms with E-state index in [0.717, 1.165) is 6.26 Å². The number of carbonyl (C=O) groups excluding carboxylic acids is 1. The molecule has 0 aromatic rings. The highest BCUT2D eigenvalue weighted by Gasteiger charge is 1.64. The van der Waals surface area contributed by atoms with Crippen LogP contribution in [-0.2, 0) is 14.6 Å². The normalized spacial score (nSPS) is 6.00. The molecule has 0 aliphatic rings. The van der Waals surface area contributed by atoms with Crippen LogP contribution in [0.5, 0.6) is 0 Å². The van der Waals surface area contributed by atoms with E-state index in [-0.39, 0.29) is 6.47 Å². The van der Waals surface area contributed by atoms with Crippen LogP contribution >= 0.6 is 0 Å². The van der Waals surface area contributed by atoms with Crippen LogP contribution in [0.25, 0.3) is 0 Å². The van der Waals surface area contributed by atoms with Crippen molar-refractivity contribution in [1.29, 1.82) is 0 Å². The Labute approximate surface area is 35.1 Å². The summed E-state index contributed by atoms with van der Waals surface area (Å²) in [6.45, 7) is 3.26. The lowest BCUT2D eigenvalue weighted by molar-refractivity contribution is -0.222. The zero-order valence-electron chi connectivity index (χ0n) is 3.09. The van der Waals surface area contributed by atoms with Crippen molar-refractivity contribution in [3.8, 4) is 0 Å². The van der Waals surface area contributed by atoms with Gasteiger partial charge in [0.25, 0.3) is 0 Å². The van der Waals surface area contributed by atoms with Crippen LogP contribution < -0.4 is 0 Å². The summed E-state index contributed by atoms with van der Waals surface area (Å²) in [5.41, 5.74) is 0. The Morgan fingerprint density at radius 1 is 1.50 bits per heavy atom. The van der Waals surface area contributed by atoms with Gasteiger partial charge in [0.1, 0.15) is 6.26 Å².